The van der Waals surface area contributed by atoms with Crippen LogP contribution in [0.1, 0.15) is 24.0 Å². The highest BCUT2D eigenvalue weighted by Gasteiger charge is 2.19. The van der Waals surface area contributed by atoms with Crippen LogP contribution in [-0.2, 0) is 9.59 Å². The average molecular weight is 482 g/mol. The lowest BCUT2D eigenvalue weighted by molar-refractivity contribution is -0.138. The molecular weight excluding hydrogens is 454 g/mol. The zero-order valence-electron chi connectivity index (χ0n) is 18.8. The third-order valence-electron chi connectivity index (χ3n) is 4.53. The number of halogens is 1. The van der Waals surface area contributed by atoms with E-state index in [0.717, 1.165) is 11.1 Å². The number of rotatable bonds is 11. The van der Waals surface area contributed by atoms with E-state index in [1.807, 2.05) is 12.2 Å². The van der Waals surface area contributed by atoms with Crippen LogP contribution in [0.4, 0.5) is 0 Å². The number of ether oxygens (including phenoxy) is 5. The van der Waals surface area contributed by atoms with E-state index in [0.29, 0.717) is 23.0 Å². The highest BCUT2D eigenvalue weighted by molar-refractivity contribution is 5.85. The number of carboxylic acids is 1. The van der Waals surface area contributed by atoms with Crippen molar-refractivity contribution in [3.8, 4) is 28.7 Å². The largest absolute Gasteiger partial charge is 0.493 e. The molecule has 10 heteroatoms. The summed E-state index contributed by atoms with van der Waals surface area (Å²) >= 11 is 0. The van der Waals surface area contributed by atoms with Crippen LogP contribution >= 0.6 is 12.4 Å². The van der Waals surface area contributed by atoms with Gasteiger partial charge in [0.25, 0.3) is 0 Å². The maximum atomic E-state index is 12.2. The molecule has 0 radical (unpaired) electrons. The number of aliphatic carboxylic acids is 1. The number of carboxylic acid groups (broad SMARTS) is 1. The summed E-state index contributed by atoms with van der Waals surface area (Å²) < 4.78 is 26.6. The van der Waals surface area contributed by atoms with Crippen LogP contribution in [0.2, 0.25) is 0 Å². The number of nitrogens with two attached hydrogens (primary N) is 1. The van der Waals surface area contributed by atoms with Gasteiger partial charge in [0.15, 0.2) is 23.0 Å². The van der Waals surface area contributed by atoms with Crippen molar-refractivity contribution in [1.29, 1.82) is 0 Å². The molecular formula is C23H28ClNO8. The molecule has 33 heavy (non-hydrogen) atoms. The third kappa shape index (κ3) is 7.58. The molecule has 0 spiro atoms. The number of methoxy groups -OCH3 is 4. The van der Waals surface area contributed by atoms with Gasteiger partial charge in [0.05, 0.1) is 28.4 Å². The quantitative estimate of drug-likeness (QED) is 0.282. The van der Waals surface area contributed by atoms with E-state index in [4.69, 9.17) is 34.5 Å². The molecule has 0 aromatic heterocycles. The lowest BCUT2D eigenvalue weighted by Crippen LogP contribution is -2.34. The van der Waals surface area contributed by atoms with Gasteiger partial charge in [-0.1, -0.05) is 18.2 Å². The van der Waals surface area contributed by atoms with Gasteiger partial charge in [-0.2, -0.15) is 0 Å². The number of esters is 1. The van der Waals surface area contributed by atoms with Crippen molar-refractivity contribution in [2.24, 2.45) is 5.73 Å². The monoisotopic (exact) mass is 481 g/mol. The Hall–Kier alpha value is -3.43. The molecule has 0 fully saturated rings. The van der Waals surface area contributed by atoms with Gasteiger partial charge in [0.1, 0.15) is 6.04 Å². The number of carbonyl (C=O) groups excluding carboxylic acids is 1. The topological polar surface area (TPSA) is 127 Å². The van der Waals surface area contributed by atoms with Crippen LogP contribution in [0.25, 0.3) is 12.2 Å². The summed E-state index contributed by atoms with van der Waals surface area (Å²) in [5.74, 6) is 0.270. The predicted molar refractivity (Wildman–Crippen MR) is 126 cm³/mol. The molecule has 0 aliphatic heterocycles. The van der Waals surface area contributed by atoms with Crippen molar-refractivity contribution in [3.63, 3.8) is 0 Å². The fourth-order valence-electron chi connectivity index (χ4n) is 2.85. The van der Waals surface area contributed by atoms with Crippen molar-refractivity contribution >= 4 is 36.5 Å². The molecule has 9 nitrogen and oxygen atoms in total. The molecule has 3 N–H and O–H groups in total. The third-order valence-corrected chi connectivity index (χ3v) is 4.53. The highest BCUT2D eigenvalue weighted by atomic mass is 35.5. The van der Waals surface area contributed by atoms with E-state index in [-0.39, 0.29) is 31.0 Å². The molecule has 0 saturated heterocycles. The Labute approximate surface area is 198 Å². The van der Waals surface area contributed by atoms with Gasteiger partial charge in [-0.25, -0.2) is 4.79 Å². The molecule has 1 unspecified atom stereocenters. The minimum absolute atomic E-state index is 0. The van der Waals surface area contributed by atoms with E-state index < -0.39 is 18.0 Å². The first-order valence-corrected chi connectivity index (χ1v) is 9.68. The Bertz CT molecular complexity index is 967. The Balaban J connectivity index is 0.00000544. The van der Waals surface area contributed by atoms with Crippen LogP contribution < -0.4 is 29.4 Å². The second-order valence-corrected chi connectivity index (χ2v) is 6.66. The van der Waals surface area contributed by atoms with Crippen molar-refractivity contribution in [2.45, 2.75) is 18.9 Å². The maximum absolute atomic E-state index is 12.2. The molecule has 1 atom stereocenters. The van der Waals surface area contributed by atoms with Crippen LogP contribution in [0, 0.1) is 0 Å². The lowest BCUT2D eigenvalue weighted by atomic mass is 10.1. The van der Waals surface area contributed by atoms with Crippen LogP contribution in [-0.4, -0.2) is 51.5 Å². The van der Waals surface area contributed by atoms with Gasteiger partial charge in [-0.15, -0.1) is 12.4 Å². The molecule has 0 saturated carbocycles. The van der Waals surface area contributed by atoms with Gasteiger partial charge < -0.3 is 34.5 Å². The minimum atomic E-state index is -1.06. The fraction of sp³-hybridized carbons (Fsp3) is 0.304. The van der Waals surface area contributed by atoms with Crippen LogP contribution in [0.5, 0.6) is 28.7 Å². The summed E-state index contributed by atoms with van der Waals surface area (Å²) in [6, 6.07) is 7.59. The summed E-state index contributed by atoms with van der Waals surface area (Å²) in [5.41, 5.74) is 7.25. The van der Waals surface area contributed by atoms with E-state index in [9.17, 15) is 9.59 Å². The summed E-state index contributed by atoms with van der Waals surface area (Å²) in [6.07, 6.45) is 3.38. The first kappa shape index (κ1) is 27.6. The zero-order valence-corrected chi connectivity index (χ0v) is 19.6. The predicted octanol–water partition coefficient (Wildman–Crippen LogP) is 3.41. The van der Waals surface area contributed by atoms with Gasteiger partial charge >= 0.3 is 11.9 Å². The number of benzene rings is 2. The summed E-state index contributed by atoms with van der Waals surface area (Å²) in [6.45, 7) is 0. The standard InChI is InChI=1S/C23H27NO8.ClH/c1-28-17-9-7-14(11-18(17)32-23(27)16(24)8-10-21(25)26)5-6-15-12-19(29-2)22(31-4)20(13-15)30-3;/h5-7,9,11-13,16H,8,10,24H2,1-4H3,(H,25,26);1H/b6-5-;. The van der Waals surface area contributed by atoms with E-state index >= 15 is 0 Å². The van der Waals surface area contributed by atoms with E-state index in [1.54, 1.807) is 30.3 Å². The Morgan fingerprint density at radius 1 is 0.879 bits per heavy atom. The second kappa shape index (κ2) is 13.2. The molecule has 0 heterocycles. The Morgan fingerprint density at radius 3 is 1.94 bits per heavy atom. The lowest BCUT2D eigenvalue weighted by Gasteiger charge is -2.13. The molecule has 2 aromatic carbocycles. The minimum Gasteiger partial charge on any atom is -0.493 e. The average Bonchev–Trinajstić information content (AvgIpc) is 2.80. The van der Waals surface area contributed by atoms with Gasteiger partial charge in [-0.05, 0) is 41.8 Å². The van der Waals surface area contributed by atoms with Crippen LogP contribution in [0.15, 0.2) is 30.3 Å². The fourth-order valence-corrected chi connectivity index (χ4v) is 2.85. The number of hydrogen-bond donors (Lipinski definition) is 2. The SMILES string of the molecule is COc1ccc(/C=C\c2cc(OC)c(OC)c(OC)c2)cc1OC(=O)C(N)CCC(=O)O.Cl. The summed E-state index contributed by atoms with van der Waals surface area (Å²) in [4.78, 5) is 22.9. The maximum Gasteiger partial charge on any atom is 0.328 e. The van der Waals surface area contributed by atoms with Crippen molar-refractivity contribution in [2.75, 3.05) is 28.4 Å². The van der Waals surface area contributed by atoms with Crippen molar-refractivity contribution < 1.29 is 38.4 Å². The molecule has 0 amide bonds. The first-order chi connectivity index (χ1) is 15.3. The zero-order chi connectivity index (χ0) is 23.7. The number of hydrogen-bond acceptors (Lipinski definition) is 8. The molecule has 0 bridgehead atoms. The Kier molecular flexibility index (Phi) is 11.0. The Morgan fingerprint density at radius 2 is 1.42 bits per heavy atom. The number of carbonyl (C=O) groups is 2. The van der Waals surface area contributed by atoms with Gasteiger partial charge in [0, 0.05) is 6.42 Å². The molecule has 2 aromatic rings. The molecule has 0 aliphatic carbocycles. The van der Waals surface area contributed by atoms with E-state index in [1.165, 1.54) is 28.4 Å². The van der Waals surface area contributed by atoms with E-state index in [2.05, 4.69) is 0 Å². The van der Waals surface area contributed by atoms with Crippen molar-refractivity contribution in [1.82, 2.24) is 0 Å². The van der Waals surface area contributed by atoms with Crippen molar-refractivity contribution in [3.05, 3.63) is 41.5 Å². The van der Waals surface area contributed by atoms with Gasteiger partial charge in [0.2, 0.25) is 5.75 Å². The molecule has 0 aliphatic rings. The summed E-state index contributed by atoms with van der Waals surface area (Å²) in [7, 11) is 6.05. The molecule has 2 rings (SSSR count). The highest BCUT2D eigenvalue weighted by Crippen LogP contribution is 2.38. The van der Waals surface area contributed by atoms with Gasteiger partial charge in [-0.3, -0.25) is 4.79 Å². The normalized spacial score (nSPS) is 11.3. The summed E-state index contributed by atoms with van der Waals surface area (Å²) in [5, 5.41) is 8.74. The smallest absolute Gasteiger partial charge is 0.328 e. The van der Waals surface area contributed by atoms with Crippen LogP contribution in [0.3, 0.4) is 0 Å². The molecule has 180 valence electrons. The second-order valence-electron chi connectivity index (χ2n) is 6.66. The first-order valence-electron chi connectivity index (χ1n) is 9.68.